The average Bonchev–Trinajstić information content (AvgIpc) is 3.39. The number of likely N-dealkylation sites (tertiary alicyclic amines) is 1. The molecule has 1 aromatic carbocycles. The number of nitrogens with zero attached hydrogens (tertiary/aromatic N) is 3. The summed E-state index contributed by atoms with van der Waals surface area (Å²) in [5, 5.41) is 3.70. The van der Waals surface area contributed by atoms with Gasteiger partial charge in [-0.25, -0.2) is 4.79 Å². The van der Waals surface area contributed by atoms with E-state index in [2.05, 4.69) is 52.6 Å². The van der Waals surface area contributed by atoms with E-state index in [1.54, 1.807) is 12.2 Å². The third kappa shape index (κ3) is 3.88. The monoisotopic (exact) mass is 431 g/mol. The van der Waals surface area contributed by atoms with Gasteiger partial charge in [0.05, 0.1) is 23.8 Å². The number of benzene rings is 1. The Kier molecular flexibility index (Phi) is 5.87. The number of hydrogen-bond acceptors (Lipinski definition) is 3. The van der Waals surface area contributed by atoms with Crippen molar-refractivity contribution in [3.05, 3.63) is 70.4 Å². The maximum Gasteiger partial charge on any atom is 0.326 e. The molecule has 2 fully saturated rings. The molecule has 6 heteroatoms. The summed E-state index contributed by atoms with van der Waals surface area (Å²) < 4.78 is 1.86. The second-order valence-electron chi connectivity index (χ2n) is 9.21. The third-order valence-corrected chi connectivity index (χ3v) is 7.46. The SMILES string of the molecule is C=Cc1[nH]c(=O)n(C2CCN(CCN=C3CC4c5ccccc5CCC4N3)CC2)c1C=C. The summed E-state index contributed by atoms with van der Waals surface area (Å²) in [5.41, 5.74) is 4.58. The largest absolute Gasteiger partial charge is 0.370 e. The Labute approximate surface area is 189 Å². The Morgan fingerprint density at radius 2 is 1.94 bits per heavy atom. The minimum atomic E-state index is -0.0602. The molecule has 1 aromatic heterocycles. The van der Waals surface area contributed by atoms with E-state index in [0.29, 0.717) is 12.0 Å². The zero-order chi connectivity index (χ0) is 22.1. The van der Waals surface area contributed by atoms with Gasteiger partial charge in [-0.2, -0.15) is 0 Å². The average molecular weight is 432 g/mol. The van der Waals surface area contributed by atoms with Gasteiger partial charge in [0.2, 0.25) is 0 Å². The van der Waals surface area contributed by atoms with Crippen molar-refractivity contribution >= 4 is 18.0 Å². The molecule has 0 radical (unpaired) electrons. The van der Waals surface area contributed by atoms with Crippen LogP contribution in [0.4, 0.5) is 0 Å². The summed E-state index contributed by atoms with van der Waals surface area (Å²) in [5.74, 6) is 1.76. The first-order chi connectivity index (χ1) is 15.7. The predicted octanol–water partition coefficient (Wildman–Crippen LogP) is 3.59. The first-order valence-electron chi connectivity index (χ1n) is 11.9. The number of fused-ring (bicyclic) bond motifs is 3. The Morgan fingerprint density at radius 3 is 2.72 bits per heavy atom. The summed E-state index contributed by atoms with van der Waals surface area (Å²) in [4.78, 5) is 22.7. The number of nitrogens with one attached hydrogen (secondary N) is 2. The summed E-state index contributed by atoms with van der Waals surface area (Å²) in [6.07, 6.45) is 8.77. The fourth-order valence-electron chi connectivity index (χ4n) is 5.80. The van der Waals surface area contributed by atoms with Crippen molar-refractivity contribution in [1.82, 2.24) is 19.8 Å². The zero-order valence-corrected chi connectivity index (χ0v) is 18.7. The number of aromatic nitrogens is 2. The number of piperidine rings is 1. The smallest absolute Gasteiger partial charge is 0.326 e. The lowest BCUT2D eigenvalue weighted by Crippen LogP contribution is -2.38. The Morgan fingerprint density at radius 1 is 1.12 bits per heavy atom. The van der Waals surface area contributed by atoms with Crippen molar-refractivity contribution in [3.8, 4) is 0 Å². The van der Waals surface area contributed by atoms with E-state index in [4.69, 9.17) is 4.99 Å². The minimum absolute atomic E-state index is 0.0602. The number of rotatable bonds is 6. The molecule has 0 saturated carbocycles. The van der Waals surface area contributed by atoms with Crippen LogP contribution < -0.4 is 11.0 Å². The van der Waals surface area contributed by atoms with E-state index in [-0.39, 0.29) is 11.7 Å². The van der Waals surface area contributed by atoms with E-state index in [9.17, 15) is 4.79 Å². The number of aromatic amines is 1. The molecule has 32 heavy (non-hydrogen) atoms. The Balaban J connectivity index is 1.15. The van der Waals surface area contributed by atoms with Crippen LogP contribution in [0.25, 0.3) is 12.2 Å². The lowest BCUT2D eigenvalue weighted by molar-refractivity contribution is 0.189. The fourth-order valence-corrected chi connectivity index (χ4v) is 5.80. The van der Waals surface area contributed by atoms with Gasteiger partial charge >= 0.3 is 5.69 Å². The summed E-state index contributed by atoms with van der Waals surface area (Å²) in [6.45, 7) is 11.4. The first kappa shape index (κ1) is 21.0. The molecule has 0 amide bonds. The van der Waals surface area contributed by atoms with Gasteiger partial charge in [0.1, 0.15) is 0 Å². The molecule has 6 nitrogen and oxygen atoms in total. The van der Waals surface area contributed by atoms with Gasteiger partial charge in [-0.1, -0.05) is 37.4 Å². The van der Waals surface area contributed by atoms with E-state index in [0.717, 1.165) is 56.8 Å². The van der Waals surface area contributed by atoms with Crippen LogP contribution in [0.2, 0.25) is 0 Å². The molecule has 2 unspecified atom stereocenters. The molecule has 0 spiro atoms. The summed E-state index contributed by atoms with van der Waals surface area (Å²) in [6, 6.07) is 9.65. The molecule has 2 N–H and O–H groups in total. The Hall–Kier alpha value is -2.86. The van der Waals surface area contributed by atoms with Gasteiger partial charge in [0, 0.05) is 44.1 Å². The highest BCUT2D eigenvalue weighted by Crippen LogP contribution is 2.37. The highest BCUT2D eigenvalue weighted by Gasteiger charge is 2.36. The lowest BCUT2D eigenvalue weighted by atomic mass is 9.80. The first-order valence-corrected chi connectivity index (χ1v) is 11.9. The highest BCUT2D eigenvalue weighted by atomic mass is 16.1. The molecule has 1 aliphatic carbocycles. The second-order valence-corrected chi connectivity index (χ2v) is 9.21. The van der Waals surface area contributed by atoms with E-state index >= 15 is 0 Å². The van der Waals surface area contributed by atoms with Gasteiger partial charge < -0.3 is 15.2 Å². The standard InChI is InChI=1S/C26H33N5O/c1-3-22-24(4-2)31(26(32)29-22)19-11-14-30(15-12-19)16-13-27-25-17-21-20-8-6-5-7-18(20)9-10-23(21)28-25/h3-8,19,21,23H,1-2,9-17H2,(H,27,28)(H,29,32). The molecule has 168 valence electrons. The lowest BCUT2D eigenvalue weighted by Gasteiger charge is -2.32. The molecule has 2 atom stereocenters. The predicted molar refractivity (Wildman–Crippen MR) is 131 cm³/mol. The summed E-state index contributed by atoms with van der Waals surface area (Å²) >= 11 is 0. The van der Waals surface area contributed by atoms with Crippen molar-refractivity contribution in [2.24, 2.45) is 4.99 Å². The van der Waals surface area contributed by atoms with Crippen LogP contribution in [0, 0.1) is 0 Å². The molecular weight excluding hydrogens is 398 g/mol. The van der Waals surface area contributed by atoms with Gasteiger partial charge in [-0.05, 0) is 49.0 Å². The van der Waals surface area contributed by atoms with Crippen molar-refractivity contribution in [1.29, 1.82) is 0 Å². The van der Waals surface area contributed by atoms with Crippen LogP contribution in [0.15, 0.2) is 47.2 Å². The van der Waals surface area contributed by atoms with Crippen LogP contribution in [-0.4, -0.2) is 52.5 Å². The molecule has 3 heterocycles. The number of H-pyrrole nitrogens is 1. The van der Waals surface area contributed by atoms with E-state index < -0.39 is 0 Å². The fraction of sp³-hybridized carbons (Fsp3) is 0.462. The number of aliphatic imine (C=N–C) groups is 1. The van der Waals surface area contributed by atoms with Crippen molar-refractivity contribution in [2.45, 2.75) is 50.1 Å². The molecule has 0 bridgehead atoms. The molecule has 2 aliphatic heterocycles. The van der Waals surface area contributed by atoms with Crippen LogP contribution in [0.5, 0.6) is 0 Å². The number of amidine groups is 1. The maximum absolute atomic E-state index is 12.4. The molecule has 2 aromatic rings. The van der Waals surface area contributed by atoms with Gasteiger partial charge in [0.15, 0.2) is 0 Å². The summed E-state index contributed by atoms with van der Waals surface area (Å²) in [7, 11) is 0. The van der Waals surface area contributed by atoms with Crippen LogP contribution in [0.1, 0.15) is 60.2 Å². The van der Waals surface area contributed by atoms with Gasteiger partial charge in [-0.3, -0.25) is 9.56 Å². The van der Waals surface area contributed by atoms with Crippen molar-refractivity contribution in [2.75, 3.05) is 26.2 Å². The van der Waals surface area contributed by atoms with E-state index in [1.807, 2.05) is 4.57 Å². The van der Waals surface area contributed by atoms with Crippen LogP contribution >= 0.6 is 0 Å². The normalized spacial score (nSPS) is 24.7. The van der Waals surface area contributed by atoms with Gasteiger partial charge in [-0.15, -0.1) is 0 Å². The molecular formula is C26H33N5O. The van der Waals surface area contributed by atoms with Gasteiger partial charge in [0.25, 0.3) is 0 Å². The number of hydrogen-bond donors (Lipinski definition) is 2. The maximum atomic E-state index is 12.4. The molecule has 2 saturated heterocycles. The zero-order valence-electron chi connectivity index (χ0n) is 18.7. The van der Waals surface area contributed by atoms with Crippen LogP contribution in [-0.2, 0) is 6.42 Å². The third-order valence-electron chi connectivity index (χ3n) is 7.46. The molecule has 3 aliphatic rings. The highest BCUT2D eigenvalue weighted by molar-refractivity contribution is 5.86. The number of aryl methyl sites for hydroxylation is 1. The number of imidazole rings is 1. The quantitative estimate of drug-likeness (QED) is 0.735. The Bertz CT molecular complexity index is 1090. The van der Waals surface area contributed by atoms with Crippen molar-refractivity contribution in [3.63, 3.8) is 0 Å². The van der Waals surface area contributed by atoms with E-state index in [1.165, 1.54) is 29.8 Å². The van der Waals surface area contributed by atoms with Crippen molar-refractivity contribution < 1.29 is 0 Å². The minimum Gasteiger partial charge on any atom is -0.370 e. The van der Waals surface area contributed by atoms with Crippen LogP contribution in [0.3, 0.4) is 0 Å². The molecule has 5 rings (SSSR count). The second kappa shape index (κ2) is 8.94. The topological polar surface area (TPSA) is 65.4 Å².